The van der Waals surface area contributed by atoms with Crippen LogP contribution in [0.2, 0.25) is 5.02 Å². The summed E-state index contributed by atoms with van der Waals surface area (Å²) >= 11 is 6.33. The number of benzene rings is 4. The van der Waals surface area contributed by atoms with E-state index in [0.717, 1.165) is 22.3 Å². The predicted octanol–water partition coefficient (Wildman–Crippen LogP) is 6.60. The first kappa shape index (κ1) is 24.2. The SMILES string of the molecule is Cc1ccc(-n2nc(C(=O)OCC(=O)c3ccc(-c4ccccc4)cc3)nc2-c2ccccc2)cc1Cl. The quantitative estimate of drug-likeness (QED) is 0.183. The molecule has 6 nitrogen and oxygen atoms in total. The number of hydrogen-bond donors (Lipinski definition) is 0. The Kier molecular flexibility index (Phi) is 6.92. The fourth-order valence-corrected chi connectivity index (χ4v) is 4.00. The lowest BCUT2D eigenvalue weighted by molar-refractivity contribution is 0.0462. The smallest absolute Gasteiger partial charge is 0.378 e. The first-order chi connectivity index (χ1) is 18.0. The van der Waals surface area contributed by atoms with Crippen molar-refractivity contribution >= 4 is 23.4 Å². The molecule has 0 amide bonds. The predicted molar refractivity (Wildman–Crippen MR) is 143 cm³/mol. The molecule has 0 saturated carbocycles. The summed E-state index contributed by atoms with van der Waals surface area (Å²) in [4.78, 5) is 29.9. The zero-order valence-electron chi connectivity index (χ0n) is 20.0. The van der Waals surface area contributed by atoms with Gasteiger partial charge in [0.15, 0.2) is 18.2 Å². The number of carbonyl (C=O) groups excluding carboxylic acids is 2. The van der Waals surface area contributed by atoms with Gasteiger partial charge in [0.1, 0.15) is 0 Å². The second kappa shape index (κ2) is 10.6. The molecule has 1 aromatic heterocycles. The lowest BCUT2D eigenvalue weighted by atomic mass is 10.0. The summed E-state index contributed by atoms with van der Waals surface area (Å²) in [5, 5.41) is 4.95. The fraction of sp³-hybridized carbons (Fsp3) is 0.0667. The number of halogens is 1. The van der Waals surface area contributed by atoms with Crippen molar-refractivity contribution in [2.24, 2.45) is 0 Å². The van der Waals surface area contributed by atoms with Crippen LogP contribution in [0.3, 0.4) is 0 Å². The monoisotopic (exact) mass is 507 g/mol. The number of nitrogens with zero attached hydrogens (tertiary/aromatic N) is 3. The van der Waals surface area contributed by atoms with Gasteiger partial charge in [0, 0.05) is 16.1 Å². The van der Waals surface area contributed by atoms with Crippen molar-refractivity contribution < 1.29 is 14.3 Å². The number of aryl methyl sites for hydroxylation is 1. The molecule has 0 spiro atoms. The van der Waals surface area contributed by atoms with E-state index in [1.807, 2.05) is 91.9 Å². The van der Waals surface area contributed by atoms with Crippen molar-refractivity contribution in [3.8, 4) is 28.2 Å². The molecule has 0 atom stereocenters. The third-order valence-electron chi connectivity index (χ3n) is 5.87. The van der Waals surface area contributed by atoms with Gasteiger partial charge in [-0.15, -0.1) is 5.10 Å². The summed E-state index contributed by atoms with van der Waals surface area (Å²) in [6.45, 7) is 1.48. The maximum atomic E-state index is 12.8. The molecule has 0 saturated heterocycles. The summed E-state index contributed by atoms with van der Waals surface area (Å²) in [5.74, 6) is -0.803. The lowest BCUT2D eigenvalue weighted by Gasteiger charge is -2.07. The molecule has 0 bridgehead atoms. The van der Waals surface area contributed by atoms with Crippen molar-refractivity contribution in [3.05, 3.63) is 125 Å². The molecular formula is C30H22ClN3O3. The minimum absolute atomic E-state index is 0.150. The standard InChI is InChI=1S/C30H22ClN3O3/c1-20-12-17-25(18-26(20)31)34-29(24-10-6-3-7-11-24)32-28(33-34)30(36)37-19-27(35)23-15-13-22(14-16-23)21-8-4-2-5-9-21/h2-18H,19H2,1H3. The van der Waals surface area contributed by atoms with E-state index in [2.05, 4.69) is 10.1 Å². The highest BCUT2D eigenvalue weighted by Crippen LogP contribution is 2.25. The van der Waals surface area contributed by atoms with Gasteiger partial charge in [-0.2, -0.15) is 0 Å². The van der Waals surface area contributed by atoms with Crippen LogP contribution in [0, 0.1) is 6.92 Å². The molecule has 0 aliphatic carbocycles. The van der Waals surface area contributed by atoms with Crippen molar-refractivity contribution in [2.45, 2.75) is 6.92 Å². The topological polar surface area (TPSA) is 74.1 Å². The second-order valence-electron chi connectivity index (χ2n) is 8.41. The molecular weight excluding hydrogens is 486 g/mol. The minimum Gasteiger partial charge on any atom is -0.451 e. The van der Waals surface area contributed by atoms with Crippen LogP contribution in [0.4, 0.5) is 0 Å². The van der Waals surface area contributed by atoms with Crippen LogP contribution in [0.1, 0.15) is 26.5 Å². The van der Waals surface area contributed by atoms with E-state index >= 15 is 0 Å². The van der Waals surface area contributed by atoms with Crippen LogP contribution >= 0.6 is 11.6 Å². The fourth-order valence-electron chi connectivity index (χ4n) is 3.82. The summed E-state index contributed by atoms with van der Waals surface area (Å²) in [5.41, 5.74) is 4.83. The van der Waals surface area contributed by atoms with E-state index in [-0.39, 0.29) is 11.6 Å². The number of rotatable bonds is 7. The van der Waals surface area contributed by atoms with Crippen molar-refractivity contribution in [2.75, 3.05) is 6.61 Å². The van der Waals surface area contributed by atoms with Gasteiger partial charge in [-0.1, -0.05) is 103 Å². The molecule has 1 heterocycles. The number of carbonyl (C=O) groups is 2. The van der Waals surface area contributed by atoms with E-state index in [0.29, 0.717) is 22.1 Å². The van der Waals surface area contributed by atoms with E-state index < -0.39 is 12.6 Å². The van der Waals surface area contributed by atoms with Crippen molar-refractivity contribution in [1.29, 1.82) is 0 Å². The molecule has 0 unspecified atom stereocenters. The number of Topliss-reactive ketones (excluding diaryl/α,β-unsaturated/α-hetero) is 1. The van der Waals surface area contributed by atoms with E-state index in [1.54, 1.807) is 22.9 Å². The van der Waals surface area contributed by atoms with Crippen LogP contribution in [-0.4, -0.2) is 33.1 Å². The largest absolute Gasteiger partial charge is 0.451 e. The normalized spacial score (nSPS) is 10.8. The van der Waals surface area contributed by atoms with Gasteiger partial charge in [0.05, 0.1) is 5.69 Å². The Bertz CT molecular complexity index is 1560. The Morgan fingerprint density at radius 3 is 2.08 bits per heavy atom. The number of esters is 1. The number of ketones is 1. The van der Waals surface area contributed by atoms with E-state index in [1.165, 1.54) is 0 Å². The Balaban J connectivity index is 1.34. The minimum atomic E-state index is -0.789. The van der Waals surface area contributed by atoms with Gasteiger partial charge in [0.2, 0.25) is 0 Å². The Labute approximate surface area is 219 Å². The average Bonchev–Trinajstić information content (AvgIpc) is 3.40. The molecule has 0 aliphatic heterocycles. The highest BCUT2D eigenvalue weighted by Gasteiger charge is 2.21. The molecule has 4 aromatic carbocycles. The third-order valence-corrected chi connectivity index (χ3v) is 6.28. The summed E-state index contributed by atoms with van der Waals surface area (Å²) < 4.78 is 6.83. The Morgan fingerprint density at radius 2 is 1.43 bits per heavy atom. The van der Waals surface area contributed by atoms with Crippen LogP contribution in [0.5, 0.6) is 0 Å². The molecule has 182 valence electrons. The van der Waals surface area contributed by atoms with Crippen LogP contribution in [-0.2, 0) is 4.74 Å². The van der Waals surface area contributed by atoms with Gasteiger partial charge in [-0.05, 0) is 35.7 Å². The maximum Gasteiger partial charge on any atom is 0.378 e. The summed E-state index contributed by atoms with van der Waals surface area (Å²) in [7, 11) is 0. The Hall–Kier alpha value is -4.55. The highest BCUT2D eigenvalue weighted by atomic mass is 35.5. The van der Waals surface area contributed by atoms with Gasteiger partial charge < -0.3 is 4.74 Å². The second-order valence-corrected chi connectivity index (χ2v) is 8.82. The van der Waals surface area contributed by atoms with Crippen LogP contribution < -0.4 is 0 Å². The first-order valence-electron chi connectivity index (χ1n) is 11.6. The molecule has 0 radical (unpaired) electrons. The van der Waals surface area contributed by atoms with Gasteiger partial charge in [-0.25, -0.2) is 14.5 Å². The highest BCUT2D eigenvalue weighted by molar-refractivity contribution is 6.31. The number of ether oxygens (including phenoxy) is 1. The Morgan fingerprint density at radius 1 is 0.811 bits per heavy atom. The van der Waals surface area contributed by atoms with Crippen LogP contribution in [0.25, 0.3) is 28.2 Å². The van der Waals surface area contributed by atoms with Gasteiger partial charge in [0.25, 0.3) is 5.82 Å². The molecule has 5 rings (SSSR count). The van der Waals surface area contributed by atoms with Crippen molar-refractivity contribution in [3.63, 3.8) is 0 Å². The third kappa shape index (κ3) is 5.34. The molecule has 0 fully saturated rings. The molecule has 7 heteroatoms. The van der Waals surface area contributed by atoms with Crippen LogP contribution in [0.15, 0.2) is 103 Å². The van der Waals surface area contributed by atoms with E-state index in [4.69, 9.17) is 16.3 Å². The number of hydrogen-bond acceptors (Lipinski definition) is 5. The zero-order valence-corrected chi connectivity index (χ0v) is 20.7. The van der Waals surface area contributed by atoms with Crippen molar-refractivity contribution in [1.82, 2.24) is 14.8 Å². The zero-order chi connectivity index (χ0) is 25.8. The summed E-state index contributed by atoms with van der Waals surface area (Å²) in [6.07, 6.45) is 0. The first-order valence-corrected chi connectivity index (χ1v) is 12.0. The molecule has 0 aliphatic rings. The molecule has 5 aromatic rings. The molecule has 0 N–H and O–H groups in total. The van der Waals surface area contributed by atoms with Gasteiger partial charge >= 0.3 is 5.97 Å². The number of aromatic nitrogens is 3. The lowest BCUT2D eigenvalue weighted by Crippen LogP contribution is -2.15. The molecule has 37 heavy (non-hydrogen) atoms. The average molecular weight is 508 g/mol. The summed E-state index contributed by atoms with van der Waals surface area (Å²) in [6, 6.07) is 31.9. The maximum absolute atomic E-state index is 12.8. The van der Waals surface area contributed by atoms with Gasteiger partial charge in [-0.3, -0.25) is 4.79 Å². The van der Waals surface area contributed by atoms with E-state index in [9.17, 15) is 9.59 Å².